The number of benzene rings is 1. The molecule has 0 nitrogen and oxygen atoms in total. The van der Waals surface area contributed by atoms with E-state index in [1.165, 1.54) is 15.6 Å². The molecule has 0 saturated heterocycles. The third-order valence-corrected chi connectivity index (χ3v) is 2.84. The highest BCUT2D eigenvalue weighted by Crippen LogP contribution is 2.17. The van der Waals surface area contributed by atoms with Crippen LogP contribution >= 0.6 is 31.9 Å². The second-order valence-corrected chi connectivity index (χ2v) is 4.07. The Labute approximate surface area is 89.9 Å². The molecule has 0 radical (unpaired) electrons. The molecule has 0 saturated carbocycles. The summed E-state index contributed by atoms with van der Waals surface area (Å²) in [7, 11) is 0. The summed E-state index contributed by atoms with van der Waals surface area (Å²) in [5.41, 5.74) is 2.52. The predicted molar refractivity (Wildman–Crippen MR) is 61.7 cm³/mol. The first-order valence-electron chi connectivity index (χ1n) is 3.72. The van der Waals surface area contributed by atoms with Crippen LogP contribution in [0.2, 0.25) is 0 Å². The van der Waals surface area contributed by atoms with Gasteiger partial charge in [-0.3, -0.25) is 0 Å². The Morgan fingerprint density at radius 3 is 2.75 bits per heavy atom. The molecule has 0 unspecified atom stereocenters. The van der Waals surface area contributed by atoms with Crippen LogP contribution in [-0.4, -0.2) is 5.33 Å². The number of hydrogen-bond acceptors (Lipinski definition) is 0. The summed E-state index contributed by atoms with van der Waals surface area (Å²) in [5.74, 6) is 0. The Bertz CT molecular complexity index is 290. The Kier molecular flexibility index (Phi) is 4.02. The molecule has 0 fully saturated rings. The standard InChI is InChI=1S/C10H10Br2/c1-8-7-9(3-2-6-11)4-5-10(8)12/h2-5,7H,6H2,1H3. The molecule has 0 aliphatic heterocycles. The molecule has 0 aliphatic rings. The topological polar surface area (TPSA) is 0 Å². The van der Waals surface area contributed by atoms with Crippen molar-refractivity contribution >= 4 is 37.9 Å². The van der Waals surface area contributed by atoms with Crippen LogP contribution in [0.5, 0.6) is 0 Å². The van der Waals surface area contributed by atoms with Crippen molar-refractivity contribution in [1.29, 1.82) is 0 Å². The lowest BCUT2D eigenvalue weighted by Crippen LogP contribution is -1.77. The summed E-state index contributed by atoms with van der Waals surface area (Å²) in [4.78, 5) is 0. The van der Waals surface area contributed by atoms with Gasteiger partial charge in [-0.25, -0.2) is 0 Å². The van der Waals surface area contributed by atoms with Gasteiger partial charge < -0.3 is 0 Å². The van der Waals surface area contributed by atoms with Crippen molar-refractivity contribution in [2.45, 2.75) is 6.92 Å². The molecule has 0 spiro atoms. The average Bonchev–Trinajstić information content (AvgIpc) is 2.07. The maximum Gasteiger partial charge on any atom is 0.0215 e. The molecule has 0 bridgehead atoms. The van der Waals surface area contributed by atoms with Crippen LogP contribution in [0.1, 0.15) is 11.1 Å². The van der Waals surface area contributed by atoms with Crippen molar-refractivity contribution in [1.82, 2.24) is 0 Å². The average molecular weight is 290 g/mol. The van der Waals surface area contributed by atoms with Crippen molar-refractivity contribution < 1.29 is 0 Å². The van der Waals surface area contributed by atoms with Crippen LogP contribution in [0.25, 0.3) is 6.08 Å². The minimum absolute atomic E-state index is 0.905. The van der Waals surface area contributed by atoms with Gasteiger partial charge in [0.15, 0.2) is 0 Å². The first kappa shape index (κ1) is 10.0. The number of alkyl halides is 1. The van der Waals surface area contributed by atoms with E-state index in [1.54, 1.807) is 0 Å². The first-order chi connectivity index (χ1) is 5.74. The number of aryl methyl sites for hydroxylation is 1. The van der Waals surface area contributed by atoms with E-state index in [2.05, 4.69) is 69.1 Å². The van der Waals surface area contributed by atoms with Gasteiger partial charge in [-0.05, 0) is 24.1 Å². The molecule has 0 aromatic heterocycles. The molecule has 2 heteroatoms. The fourth-order valence-electron chi connectivity index (χ4n) is 0.952. The molecule has 1 rings (SSSR count). The van der Waals surface area contributed by atoms with Gasteiger partial charge in [0.25, 0.3) is 0 Å². The van der Waals surface area contributed by atoms with Crippen molar-refractivity contribution in [3.8, 4) is 0 Å². The van der Waals surface area contributed by atoms with Gasteiger partial charge in [-0.15, -0.1) is 0 Å². The zero-order valence-corrected chi connectivity index (χ0v) is 10.0. The van der Waals surface area contributed by atoms with E-state index in [0.29, 0.717) is 0 Å². The van der Waals surface area contributed by atoms with E-state index in [-0.39, 0.29) is 0 Å². The van der Waals surface area contributed by atoms with Crippen LogP contribution in [0.15, 0.2) is 28.7 Å². The summed E-state index contributed by atoms with van der Waals surface area (Å²) < 4.78 is 1.17. The molecule has 0 N–H and O–H groups in total. The second kappa shape index (κ2) is 4.83. The van der Waals surface area contributed by atoms with Gasteiger partial charge >= 0.3 is 0 Å². The highest BCUT2D eigenvalue weighted by atomic mass is 79.9. The lowest BCUT2D eigenvalue weighted by molar-refractivity contribution is 1.42. The van der Waals surface area contributed by atoms with Crippen LogP contribution in [0, 0.1) is 6.92 Å². The van der Waals surface area contributed by atoms with Crippen molar-refractivity contribution in [2.24, 2.45) is 0 Å². The number of rotatable bonds is 2. The SMILES string of the molecule is Cc1cc(C=CCBr)ccc1Br. The van der Waals surface area contributed by atoms with E-state index >= 15 is 0 Å². The minimum Gasteiger partial charge on any atom is -0.0883 e. The molecule has 0 amide bonds. The quantitative estimate of drug-likeness (QED) is 0.717. The third kappa shape index (κ3) is 2.76. The Balaban J connectivity index is 2.89. The van der Waals surface area contributed by atoms with Gasteiger partial charge in [-0.2, -0.15) is 0 Å². The van der Waals surface area contributed by atoms with Gasteiger partial charge in [0.1, 0.15) is 0 Å². The van der Waals surface area contributed by atoms with E-state index < -0.39 is 0 Å². The summed E-state index contributed by atoms with van der Waals surface area (Å²) in [5, 5.41) is 0.905. The molecule has 0 heterocycles. The summed E-state index contributed by atoms with van der Waals surface area (Å²) >= 11 is 6.81. The lowest BCUT2D eigenvalue weighted by atomic mass is 10.1. The Morgan fingerprint density at radius 1 is 1.42 bits per heavy atom. The maximum atomic E-state index is 3.46. The smallest absolute Gasteiger partial charge is 0.0215 e. The van der Waals surface area contributed by atoms with Crippen molar-refractivity contribution in [2.75, 3.05) is 5.33 Å². The Morgan fingerprint density at radius 2 is 2.17 bits per heavy atom. The largest absolute Gasteiger partial charge is 0.0883 e. The summed E-state index contributed by atoms with van der Waals surface area (Å²) in [6, 6.07) is 6.32. The molecule has 0 atom stereocenters. The van der Waals surface area contributed by atoms with Crippen LogP contribution in [0.3, 0.4) is 0 Å². The second-order valence-electron chi connectivity index (χ2n) is 2.57. The molecule has 1 aromatic carbocycles. The molecule has 64 valence electrons. The highest BCUT2D eigenvalue weighted by molar-refractivity contribution is 9.10. The molecular formula is C10H10Br2. The number of allylic oxidation sites excluding steroid dienone is 1. The number of halogens is 2. The predicted octanol–water partition coefficient (Wildman–Crippen LogP) is 4.17. The molecule has 1 aromatic rings. The zero-order chi connectivity index (χ0) is 8.97. The Hall–Kier alpha value is -0.0800. The van der Waals surface area contributed by atoms with Gasteiger partial charge in [-0.1, -0.05) is 56.1 Å². The molecular weight excluding hydrogens is 280 g/mol. The van der Waals surface area contributed by atoms with Crippen molar-refractivity contribution in [3.05, 3.63) is 39.9 Å². The monoisotopic (exact) mass is 288 g/mol. The van der Waals surface area contributed by atoms with Crippen LogP contribution in [0.4, 0.5) is 0 Å². The minimum atomic E-state index is 0.905. The first-order valence-corrected chi connectivity index (χ1v) is 5.64. The summed E-state index contributed by atoms with van der Waals surface area (Å²) in [6.07, 6.45) is 4.19. The lowest BCUT2D eigenvalue weighted by Gasteiger charge is -1.98. The molecule has 12 heavy (non-hydrogen) atoms. The fourth-order valence-corrected chi connectivity index (χ4v) is 1.39. The normalized spacial score (nSPS) is 10.9. The van der Waals surface area contributed by atoms with Gasteiger partial charge in [0.2, 0.25) is 0 Å². The number of hydrogen-bond donors (Lipinski definition) is 0. The third-order valence-electron chi connectivity index (χ3n) is 1.58. The van der Waals surface area contributed by atoms with Gasteiger partial charge in [0.05, 0.1) is 0 Å². The maximum absolute atomic E-state index is 3.46. The summed E-state index contributed by atoms with van der Waals surface area (Å²) in [6.45, 7) is 2.09. The van der Waals surface area contributed by atoms with E-state index in [1.807, 2.05) is 0 Å². The fraction of sp³-hybridized carbons (Fsp3) is 0.200. The van der Waals surface area contributed by atoms with E-state index in [9.17, 15) is 0 Å². The van der Waals surface area contributed by atoms with E-state index in [0.717, 1.165) is 5.33 Å². The van der Waals surface area contributed by atoms with Crippen LogP contribution < -0.4 is 0 Å². The van der Waals surface area contributed by atoms with E-state index in [4.69, 9.17) is 0 Å². The van der Waals surface area contributed by atoms with Gasteiger partial charge in [0, 0.05) is 9.80 Å². The zero-order valence-electron chi connectivity index (χ0n) is 6.85. The van der Waals surface area contributed by atoms with Crippen LogP contribution in [-0.2, 0) is 0 Å². The highest BCUT2D eigenvalue weighted by Gasteiger charge is 1.93. The molecule has 0 aliphatic carbocycles. The van der Waals surface area contributed by atoms with Crippen molar-refractivity contribution in [3.63, 3.8) is 0 Å².